The molecule has 142 valence electrons. The average Bonchev–Trinajstić information content (AvgIpc) is 3.17. The van der Waals surface area contributed by atoms with Crippen LogP contribution in [0.25, 0.3) is 0 Å². The van der Waals surface area contributed by atoms with Crippen molar-refractivity contribution in [3.05, 3.63) is 58.4 Å². The number of hydrogen-bond acceptors (Lipinski definition) is 4. The van der Waals surface area contributed by atoms with E-state index >= 15 is 0 Å². The van der Waals surface area contributed by atoms with Crippen LogP contribution >= 0.6 is 11.6 Å². The second-order valence-corrected chi connectivity index (χ2v) is 5.86. The fraction of sp³-hybridized carbons (Fsp3) is 0.200. The molecule has 2 heterocycles. The Morgan fingerprint density at radius 2 is 2.04 bits per heavy atom. The normalized spacial score (nSPS) is 11.6. The first-order valence-electron chi connectivity index (χ1n) is 7.40. The summed E-state index contributed by atoms with van der Waals surface area (Å²) >= 11 is 5.93. The van der Waals surface area contributed by atoms with Crippen molar-refractivity contribution in [2.75, 3.05) is 5.32 Å². The molecule has 7 nitrogen and oxygen atoms in total. The second-order valence-electron chi connectivity index (χ2n) is 5.46. The Morgan fingerprint density at radius 3 is 2.67 bits per heavy atom. The molecule has 1 N–H and O–H groups in total. The number of anilines is 1. The maximum atomic E-state index is 13.8. The molecule has 0 aliphatic rings. The molecule has 0 saturated carbocycles. The van der Waals surface area contributed by atoms with Crippen LogP contribution in [-0.4, -0.2) is 30.5 Å². The second kappa shape index (κ2) is 6.99. The summed E-state index contributed by atoms with van der Waals surface area (Å²) in [5, 5.41) is 9.65. The van der Waals surface area contributed by atoms with Gasteiger partial charge in [0.05, 0.1) is 6.54 Å². The third-order valence-corrected chi connectivity index (χ3v) is 3.90. The van der Waals surface area contributed by atoms with Crippen LogP contribution in [0.3, 0.4) is 0 Å². The minimum atomic E-state index is -4.67. The highest BCUT2D eigenvalue weighted by Crippen LogP contribution is 2.28. The van der Waals surface area contributed by atoms with Gasteiger partial charge >= 0.3 is 6.18 Å². The number of carbonyl (C=O) groups is 1. The number of hydrogen-bond donors (Lipinski definition) is 1. The Kier molecular flexibility index (Phi) is 4.87. The number of aryl methyl sites for hydroxylation is 1. The molecular weight excluding hydrogens is 392 g/mol. The fourth-order valence-corrected chi connectivity index (χ4v) is 2.48. The number of nitrogens with one attached hydrogen (secondary N) is 1. The average molecular weight is 403 g/mol. The smallest absolute Gasteiger partial charge is 0.288 e. The summed E-state index contributed by atoms with van der Waals surface area (Å²) in [6.45, 7) is -0.0433. The molecule has 3 aromatic rings. The zero-order valence-electron chi connectivity index (χ0n) is 13.6. The minimum Gasteiger partial charge on any atom is -0.288 e. The van der Waals surface area contributed by atoms with E-state index in [2.05, 4.69) is 20.5 Å². The summed E-state index contributed by atoms with van der Waals surface area (Å²) in [4.78, 5) is 16.0. The quantitative estimate of drug-likeness (QED) is 0.680. The van der Waals surface area contributed by atoms with Crippen molar-refractivity contribution in [2.24, 2.45) is 7.05 Å². The highest BCUT2D eigenvalue weighted by Gasteiger charge is 2.35. The van der Waals surface area contributed by atoms with Gasteiger partial charge < -0.3 is 0 Å². The number of alkyl halides is 3. The Morgan fingerprint density at radius 1 is 1.30 bits per heavy atom. The lowest BCUT2D eigenvalue weighted by Crippen LogP contribution is -2.17. The van der Waals surface area contributed by atoms with Crippen LogP contribution in [0.2, 0.25) is 5.02 Å². The number of nitrogens with zero attached hydrogens (tertiary/aromatic N) is 5. The van der Waals surface area contributed by atoms with Crippen molar-refractivity contribution in [1.29, 1.82) is 0 Å². The van der Waals surface area contributed by atoms with Crippen LogP contribution in [0, 0.1) is 5.82 Å². The largest absolute Gasteiger partial charge is 0.435 e. The lowest BCUT2D eigenvalue weighted by molar-refractivity contribution is -0.141. The molecule has 0 unspecified atom stereocenters. The highest BCUT2D eigenvalue weighted by atomic mass is 35.5. The van der Waals surface area contributed by atoms with Gasteiger partial charge in [-0.05, 0) is 12.1 Å². The first-order valence-corrected chi connectivity index (χ1v) is 7.78. The van der Waals surface area contributed by atoms with E-state index in [1.807, 2.05) is 0 Å². The van der Waals surface area contributed by atoms with Crippen LogP contribution in [0.1, 0.15) is 21.7 Å². The van der Waals surface area contributed by atoms with Gasteiger partial charge in [0, 0.05) is 23.7 Å². The highest BCUT2D eigenvalue weighted by molar-refractivity contribution is 6.31. The van der Waals surface area contributed by atoms with Gasteiger partial charge in [-0.2, -0.15) is 18.3 Å². The Balaban J connectivity index is 1.74. The van der Waals surface area contributed by atoms with Crippen molar-refractivity contribution in [3.63, 3.8) is 0 Å². The van der Waals surface area contributed by atoms with Crippen LogP contribution in [-0.2, 0) is 19.8 Å². The summed E-state index contributed by atoms with van der Waals surface area (Å²) in [5.41, 5.74) is -1.33. The van der Waals surface area contributed by atoms with Gasteiger partial charge in [0.1, 0.15) is 17.8 Å². The van der Waals surface area contributed by atoms with Crippen molar-refractivity contribution in [3.8, 4) is 0 Å². The number of aromatic nitrogens is 5. The standard InChI is InChI=1S/C15H11ClF4N6O/c1-25-11(5-12(23-25)15(18,19)20)13(27)22-14-21-7-26(24-14)6-8-9(16)3-2-4-10(8)17/h2-5,7H,6H2,1H3,(H,22,24,27). The molecule has 0 atom stereocenters. The van der Waals surface area contributed by atoms with Gasteiger partial charge in [-0.1, -0.05) is 17.7 Å². The molecule has 2 aromatic heterocycles. The van der Waals surface area contributed by atoms with Crippen LogP contribution in [0.4, 0.5) is 23.5 Å². The van der Waals surface area contributed by atoms with Crippen LogP contribution in [0.5, 0.6) is 0 Å². The topological polar surface area (TPSA) is 77.6 Å². The van der Waals surface area contributed by atoms with E-state index in [0.29, 0.717) is 6.07 Å². The van der Waals surface area contributed by atoms with Gasteiger partial charge in [0.25, 0.3) is 5.91 Å². The number of benzene rings is 1. The molecule has 1 aromatic carbocycles. The van der Waals surface area contributed by atoms with Gasteiger partial charge in [-0.15, -0.1) is 5.10 Å². The van der Waals surface area contributed by atoms with Gasteiger partial charge in [-0.3, -0.25) is 14.8 Å². The van der Waals surface area contributed by atoms with Crippen molar-refractivity contribution < 1.29 is 22.4 Å². The van der Waals surface area contributed by atoms with E-state index in [9.17, 15) is 22.4 Å². The first-order chi connectivity index (χ1) is 12.6. The van der Waals surface area contributed by atoms with E-state index in [1.54, 1.807) is 0 Å². The van der Waals surface area contributed by atoms with Crippen LogP contribution in [0.15, 0.2) is 30.6 Å². The SMILES string of the molecule is Cn1nc(C(F)(F)F)cc1C(=O)Nc1ncn(Cc2c(F)cccc2Cl)n1. The predicted molar refractivity (Wildman–Crippen MR) is 86.7 cm³/mol. The zero-order valence-corrected chi connectivity index (χ0v) is 14.4. The Bertz CT molecular complexity index is 976. The molecule has 1 amide bonds. The molecule has 0 saturated heterocycles. The summed E-state index contributed by atoms with van der Waals surface area (Å²) < 4.78 is 53.8. The molecule has 3 rings (SSSR count). The summed E-state index contributed by atoms with van der Waals surface area (Å²) in [5.74, 6) is -1.57. The molecule has 0 aliphatic carbocycles. The van der Waals surface area contributed by atoms with Gasteiger partial charge in [0.2, 0.25) is 5.95 Å². The molecule has 12 heteroatoms. The third-order valence-electron chi connectivity index (χ3n) is 3.55. The maximum Gasteiger partial charge on any atom is 0.435 e. The molecule has 0 fully saturated rings. The van der Waals surface area contributed by atoms with E-state index in [-0.39, 0.29) is 28.8 Å². The number of rotatable bonds is 4. The molecule has 0 bridgehead atoms. The predicted octanol–water partition coefficient (Wildman–Crippen LogP) is 3.12. The Labute approximate surface area is 154 Å². The number of carbonyl (C=O) groups excluding carboxylic acids is 1. The lowest BCUT2D eigenvalue weighted by Gasteiger charge is -2.05. The van der Waals surface area contributed by atoms with Crippen molar-refractivity contribution in [2.45, 2.75) is 12.7 Å². The van der Waals surface area contributed by atoms with Crippen molar-refractivity contribution in [1.82, 2.24) is 24.5 Å². The molecule has 0 aliphatic heterocycles. The summed E-state index contributed by atoms with van der Waals surface area (Å²) in [7, 11) is 1.20. The maximum absolute atomic E-state index is 13.8. The molecule has 0 spiro atoms. The summed E-state index contributed by atoms with van der Waals surface area (Å²) in [6.07, 6.45) is -3.45. The number of amides is 1. The van der Waals surface area contributed by atoms with Gasteiger partial charge in [-0.25, -0.2) is 14.1 Å². The first kappa shape index (κ1) is 18.8. The van der Waals surface area contributed by atoms with E-state index < -0.39 is 23.6 Å². The van der Waals surface area contributed by atoms with Crippen molar-refractivity contribution >= 4 is 23.5 Å². The fourth-order valence-electron chi connectivity index (χ4n) is 2.26. The molecule has 0 radical (unpaired) electrons. The monoisotopic (exact) mass is 402 g/mol. The van der Waals surface area contributed by atoms with E-state index in [4.69, 9.17) is 11.6 Å². The lowest BCUT2D eigenvalue weighted by atomic mass is 10.2. The summed E-state index contributed by atoms with van der Waals surface area (Å²) in [6, 6.07) is 4.82. The Hall–Kier alpha value is -2.95. The molecular formula is C15H11ClF4N6O. The van der Waals surface area contributed by atoms with Gasteiger partial charge in [0.15, 0.2) is 5.69 Å². The zero-order chi connectivity index (χ0) is 19.8. The third kappa shape index (κ3) is 4.08. The van der Waals surface area contributed by atoms with E-state index in [0.717, 1.165) is 4.68 Å². The van der Waals surface area contributed by atoms with Crippen LogP contribution < -0.4 is 5.32 Å². The number of halogens is 5. The molecule has 27 heavy (non-hydrogen) atoms. The van der Waals surface area contributed by atoms with E-state index in [1.165, 1.54) is 36.3 Å². The minimum absolute atomic E-state index is 0.0433.